The van der Waals surface area contributed by atoms with Gasteiger partial charge in [-0.1, -0.05) is 29.8 Å². The van der Waals surface area contributed by atoms with Crippen LogP contribution in [-0.2, 0) is 6.54 Å². The average Bonchev–Trinajstić information content (AvgIpc) is 3.05. The number of nitrogens with zero attached hydrogens (tertiary/aromatic N) is 2. The summed E-state index contributed by atoms with van der Waals surface area (Å²) < 4.78 is 31.5. The third-order valence-electron chi connectivity index (χ3n) is 3.75. The Hall–Kier alpha value is -2.71. The van der Waals surface area contributed by atoms with Gasteiger partial charge in [-0.15, -0.1) is 0 Å². The van der Waals surface area contributed by atoms with Gasteiger partial charge in [-0.2, -0.15) is 13.9 Å². The Morgan fingerprint density at radius 1 is 1.21 bits per heavy atom. The number of ether oxygens (including phenoxy) is 1. The van der Waals surface area contributed by atoms with Crippen molar-refractivity contribution in [2.45, 2.75) is 20.1 Å². The summed E-state index contributed by atoms with van der Waals surface area (Å²) in [6, 6.07) is 12.4. The molecule has 2 N–H and O–H groups in total. The molecule has 9 heteroatoms. The predicted molar refractivity (Wildman–Crippen MR) is 110 cm³/mol. The molecule has 0 aliphatic heterocycles. The van der Waals surface area contributed by atoms with E-state index in [-0.39, 0.29) is 10.9 Å². The Morgan fingerprint density at radius 2 is 1.96 bits per heavy atom. The van der Waals surface area contributed by atoms with Crippen LogP contribution in [-0.4, -0.2) is 21.5 Å². The number of benzene rings is 2. The molecule has 1 aromatic heterocycles. The van der Waals surface area contributed by atoms with Gasteiger partial charge >= 0.3 is 6.61 Å². The van der Waals surface area contributed by atoms with Crippen molar-refractivity contribution in [3.63, 3.8) is 0 Å². The summed E-state index contributed by atoms with van der Waals surface area (Å²) in [5.74, 6) is 0.0255. The summed E-state index contributed by atoms with van der Waals surface area (Å²) in [5, 5.41) is 11.0. The molecule has 3 aromatic rings. The van der Waals surface area contributed by atoms with Gasteiger partial charge in [-0.05, 0) is 54.5 Å². The minimum absolute atomic E-state index is 0.0255. The monoisotopic (exact) mass is 422 g/mol. The van der Waals surface area contributed by atoms with Crippen LogP contribution in [0, 0.1) is 6.92 Å². The van der Waals surface area contributed by atoms with Crippen LogP contribution in [0.2, 0.25) is 5.02 Å². The Labute approximate surface area is 171 Å². The first-order valence-electron chi connectivity index (χ1n) is 8.29. The van der Waals surface area contributed by atoms with Gasteiger partial charge in [0.15, 0.2) is 5.11 Å². The molecule has 0 fully saturated rings. The lowest BCUT2D eigenvalue weighted by Crippen LogP contribution is -2.19. The second-order valence-corrected chi connectivity index (χ2v) is 6.85. The maximum absolute atomic E-state index is 12.6. The summed E-state index contributed by atoms with van der Waals surface area (Å²) in [6.45, 7) is -0.563. The number of anilines is 2. The fourth-order valence-electron chi connectivity index (χ4n) is 2.50. The lowest BCUT2D eigenvalue weighted by Gasteiger charge is -2.14. The van der Waals surface area contributed by atoms with E-state index in [9.17, 15) is 8.78 Å². The molecule has 0 saturated carbocycles. The molecule has 0 aliphatic carbocycles. The van der Waals surface area contributed by atoms with E-state index in [0.717, 1.165) is 11.1 Å². The van der Waals surface area contributed by atoms with E-state index in [0.29, 0.717) is 22.9 Å². The van der Waals surface area contributed by atoms with Gasteiger partial charge in [-0.3, -0.25) is 4.68 Å². The lowest BCUT2D eigenvalue weighted by atomic mass is 10.2. The summed E-state index contributed by atoms with van der Waals surface area (Å²) >= 11 is 11.1. The second-order valence-electron chi connectivity index (χ2n) is 6.01. The first-order chi connectivity index (χ1) is 13.4. The zero-order valence-corrected chi connectivity index (χ0v) is 16.4. The molecular formula is C19H17ClF2N4OS. The van der Waals surface area contributed by atoms with Gasteiger partial charge in [0.1, 0.15) is 5.75 Å². The molecule has 0 atom stereocenters. The maximum atomic E-state index is 12.6. The first kappa shape index (κ1) is 20.0. The summed E-state index contributed by atoms with van der Waals surface area (Å²) in [5.41, 5.74) is 2.85. The van der Waals surface area contributed by atoms with Crippen molar-refractivity contribution in [1.82, 2.24) is 9.78 Å². The number of halogens is 3. The van der Waals surface area contributed by atoms with Gasteiger partial charge in [0, 0.05) is 11.2 Å². The lowest BCUT2D eigenvalue weighted by molar-refractivity contribution is -0.0493. The van der Waals surface area contributed by atoms with Crippen molar-refractivity contribution in [2.24, 2.45) is 0 Å². The van der Waals surface area contributed by atoms with Crippen molar-refractivity contribution in [2.75, 3.05) is 10.6 Å². The third kappa shape index (κ3) is 5.64. The van der Waals surface area contributed by atoms with E-state index >= 15 is 0 Å². The molecular weight excluding hydrogens is 406 g/mol. The Balaban J connectivity index is 1.63. The van der Waals surface area contributed by atoms with Crippen molar-refractivity contribution >= 4 is 40.3 Å². The minimum Gasteiger partial charge on any atom is -0.433 e. The third-order valence-corrected chi connectivity index (χ3v) is 4.21. The number of hydrogen-bond acceptors (Lipinski definition) is 3. The number of hydrogen-bond donors (Lipinski definition) is 2. The Bertz CT molecular complexity index is 963. The molecule has 28 heavy (non-hydrogen) atoms. The molecule has 3 rings (SSSR count). The fraction of sp³-hybridized carbons (Fsp3) is 0.158. The van der Waals surface area contributed by atoms with Crippen LogP contribution in [0.4, 0.5) is 20.2 Å². The van der Waals surface area contributed by atoms with Crippen LogP contribution in [0.3, 0.4) is 0 Å². The second kappa shape index (κ2) is 8.99. The molecule has 0 spiro atoms. The number of aryl methyl sites for hydroxylation is 1. The Morgan fingerprint density at radius 3 is 2.68 bits per heavy atom. The van der Waals surface area contributed by atoms with Crippen LogP contribution >= 0.6 is 23.8 Å². The normalized spacial score (nSPS) is 10.8. The molecule has 0 saturated heterocycles. The van der Waals surface area contributed by atoms with Crippen LogP contribution in [0.1, 0.15) is 11.1 Å². The quantitative estimate of drug-likeness (QED) is 0.528. The zero-order valence-electron chi connectivity index (χ0n) is 14.8. The fourth-order valence-corrected chi connectivity index (χ4v) is 2.86. The largest absolute Gasteiger partial charge is 0.433 e. The summed E-state index contributed by atoms with van der Waals surface area (Å²) in [6.07, 6.45) is 3.41. The highest BCUT2D eigenvalue weighted by molar-refractivity contribution is 7.80. The van der Waals surface area contributed by atoms with E-state index in [1.807, 2.05) is 24.3 Å². The summed E-state index contributed by atoms with van der Waals surface area (Å²) in [7, 11) is 0. The minimum atomic E-state index is -2.92. The van der Waals surface area contributed by atoms with E-state index in [4.69, 9.17) is 23.8 Å². The number of thiocarbonyl (C=S) groups is 1. The Kier molecular flexibility index (Phi) is 6.43. The molecule has 1 heterocycles. The van der Waals surface area contributed by atoms with Gasteiger partial charge in [0.25, 0.3) is 0 Å². The number of rotatable bonds is 6. The molecule has 0 aliphatic rings. The molecule has 2 aromatic carbocycles. The van der Waals surface area contributed by atoms with Crippen LogP contribution in [0.15, 0.2) is 54.9 Å². The van der Waals surface area contributed by atoms with Crippen molar-refractivity contribution in [3.05, 3.63) is 71.0 Å². The number of aromatic nitrogens is 2. The molecule has 5 nitrogen and oxygen atoms in total. The molecule has 0 unspecified atom stereocenters. The van der Waals surface area contributed by atoms with Gasteiger partial charge in [0.05, 0.1) is 24.1 Å². The van der Waals surface area contributed by atoms with E-state index in [1.165, 1.54) is 6.07 Å². The maximum Gasteiger partial charge on any atom is 0.387 e. The number of alkyl halides is 2. The zero-order chi connectivity index (χ0) is 20.1. The van der Waals surface area contributed by atoms with E-state index in [2.05, 4.69) is 20.5 Å². The van der Waals surface area contributed by atoms with E-state index < -0.39 is 6.61 Å². The van der Waals surface area contributed by atoms with Crippen molar-refractivity contribution < 1.29 is 13.5 Å². The summed E-state index contributed by atoms with van der Waals surface area (Å²) in [4.78, 5) is 0. The van der Waals surface area contributed by atoms with E-state index in [1.54, 1.807) is 36.1 Å². The molecule has 146 valence electrons. The topological polar surface area (TPSA) is 51.1 Å². The van der Waals surface area contributed by atoms with Crippen LogP contribution in [0.25, 0.3) is 0 Å². The highest BCUT2D eigenvalue weighted by atomic mass is 35.5. The van der Waals surface area contributed by atoms with Crippen LogP contribution < -0.4 is 15.4 Å². The molecule has 0 bridgehead atoms. The SMILES string of the molecule is Cc1ccc(NC(=S)Nc2cnn(Cc3ccc(Cl)cc3)c2)c(OC(F)F)c1. The van der Waals surface area contributed by atoms with Crippen LogP contribution in [0.5, 0.6) is 5.75 Å². The standard InChI is InChI=1S/C19H17ClF2N4OS/c1-12-2-7-16(17(8-12)27-18(21)22)25-19(28)24-15-9-23-26(11-15)10-13-3-5-14(20)6-4-13/h2-9,11,18H,10H2,1H3,(H2,24,25,28). The van der Waals surface area contributed by atoms with Crippen molar-refractivity contribution in [3.8, 4) is 5.75 Å². The average molecular weight is 423 g/mol. The van der Waals surface area contributed by atoms with Crippen molar-refractivity contribution in [1.29, 1.82) is 0 Å². The van der Waals surface area contributed by atoms with Gasteiger partial charge in [0.2, 0.25) is 0 Å². The predicted octanol–water partition coefficient (Wildman–Crippen LogP) is 5.30. The highest BCUT2D eigenvalue weighted by Crippen LogP contribution is 2.27. The smallest absolute Gasteiger partial charge is 0.387 e. The molecule has 0 radical (unpaired) electrons. The first-order valence-corrected chi connectivity index (χ1v) is 9.08. The number of nitrogens with one attached hydrogen (secondary N) is 2. The van der Waals surface area contributed by atoms with Gasteiger partial charge < -0.3 is 15.4 Å². The highest BCUT2D eigenvalue weighted by Gasteiger charge is 2.11. The molecule has 0 amide bonds. The van der Waals surface area contributed by atoms with Gasteiger partial charge in [-0.25, -0.2) is 0 Å².